The second-order valence-electron chi connectivity index (χ2n) is 14.1. The largest absolute Gasteiger partial charge is 0.489 e. The lowest BCUT2D eigenvalue weighted by molar-refractivity contribution is -0.137. The molecule has 278 valence electrons. The number of halogens is 1. The summed E-state index contributed by atoms with van der Waals surface area (Å²) in [7, 11) is 1.69. The summed E-state index contributed by atoms with van der Waals surface area (Å²) in [6, 6.07) is 17.8. The van der Waals surface area contributed by atoms with E-state index in [1.807, 2.05) is 42.5 Å². The summed E-state index contributed by atoms with van der Waals surface area (Å²) in [6.45, 7) is 4.30. The first kappa shape index (κ1) is 38.5. The van der Waals surface area contributed by atoms with Crippen molar-refractivity contribution in [2.75, 3.05) is 38.5 Å². The van der Waals surface area contributed by atoms with Crippen LogP contribution in [0.1, 0.15) is 103 Å². The maximum Gasteiger partial charge on any atom is 0.254 e. The second kappa shape index (κ2) is 18.1. The van der Waals surface area contributed by atoms with E-state index in [0.29, 0.717) is 18.7 Å². The first-order valence-corrected chi connectivity index (χ1v) is 18.6. The van der Waals surface area contributed by atoms with Crippen molar-refractivity contribution in [1.82, 2.24) is 14.7 Å². The Morgan fingerprint density at radius 3 is 2.40 bits per heavy atom. The van der Waals surface area contributed by atoms with Gasteiger partial charge in [-0.3, -0.25) is 19.2 Å². The highest BCUT2D eigenvalue weighted by atomic mass is 19.1. The Bertz CT molecular complexity index is 1710. The molecule has 1 saturated heterocycles. The second-order valence-corrected chi connectivity index (χ2v) is 14.1. The third-order valence-corrected chi connectivity index (χ3v) is 10.1. The molecule has 0 radical (unpaired) electrons. The van der Waals surface area contributed by atoms with E-state index in [4.69, 9.17) is 10.5 Å². The average Bonchev–Trinajstić information content (AvgIpc) is 3.15. The number of hydrogen-bond donors (Lipinski definition) is 2. The molecule has 2 aliphatic rings. The Labute approximate surface area is 306 Å². The molecule has 5 rings (SSSR count). The van der Waals surface area contributed by atoms with Crippen LogP contribution in [0.5, 0.6) is 5.75 Å². The van der Waals surface area contributed by atoms with Gasteiger partial charge in [0.05, 0.1) is 6.54 Å². The van der Waals surface area contributed by atoms with Crippen LogP contribution in [-0.2, 0) is 16.1 Å². The van der Waals surface area contributed by atoms with Crippen LogP contribution >= 0.6 is 0 Å². The molecule has 1 aliphatic heterocycles. The quantitative estimate of drug-likeness (QED) is 0.213. The van der Waals surface area contributed by atoms with E-state index < -0.39 is 23.7 Å². The minimum Gasteiger partial charge on any atom is -0.489 e. The van der Waals surface area contributed by atoms with Crippen molar-refractivity contribution in [2.45, 2.75) is 89.8 Å². The summed E-state index contributed by atoms with van der Waals surface area (Å²) in [5, 5.41) is 2.53. The number of amides is 4. The van der Waals surface area contributed by atoms with E-state index >= 15 is 0 Å². The fourth-order valence-corrected chi connectivity index (χ4v) is 7.31. The number of nitrogens with zero attached hydrogens (tertiary/aromatic N) is 3. The van der Waals surface area contributed by atoms with Gasteiger partial charge in [0.15, 0.2) is 0 Å². The van der Waals surface area contributed by atoms with Crippen molar-refractivity contribution in [2.24, 2.45) is 5.73 Å². The van der Waals surface area contributed by atoms with Gasteiger partial charge < -0.3 is 30.5 Å². The Balaban J connectivity index is 1.45. The van der Waals surface area contributed by atoms with Gasteiger partial charge in [0.1, 0.15) is 23.7 Å². The molecule has 52 heavy (non-hydrogen) atoms. The lowest BCUT2D eigenvalue weighted by Gasteiger charge is -2.42. The van der Waals surface area contributed by atoms with Gasteiger partial charge in [0.25, 0.3) is 11.8 Å². The maximum absolute atomic E-state index is 14.6. The predicted molar refractivity (Wildman–Crippen MR) is 200 cm³/mol. The molecule has 1 unspecified atom stereocenters. The van der Waals surface area contributed by atoms with E-state index in [2.05, 4.69) is 12.2 Å². The summed E-state index contributed by atoms with van der Waals surface area (Å²) in [5.41, 5.74) is 8.67. The molecule has 4 amide bonds. The number of carbonyl (C=O) groups excluding carboxylic acids is 4. The SMILES string of the molecule is CCCC[C@@H](CN)Oc1ccc(C(=O)N2CCN(C(=O)c3cc(F)cc(NC(C)=O)c3)CC2C(=O)N(C)Cc2ccccc2)cc1C1CCCCC1. The number of anilines is 1. The van der Waals surface area contributed by atoms with Crippen molar-refractivity contribution >= 4 is 29.3 Å². The van der Waals surface area contributed by atoms with Crippen LogP contribution < -0.4 is 15.8 Å². The smallest absolute Gasteiger partial charge is 0.254 e. The van der Waals surface area contributed by atoms with Gasteiger partial charge >= 0.3 is 0 Å². The van der Waals surface area contributed by atoms with E-state index in [0.717, 1.165) is 74.0 Å². The zero-order chi connectivity index (χ0) is 37.2. The van der Waals surface area contributed by atoms with Gasteiger partial charge in [-0.2, -0.15) is 0 Å². The summed E-state index contributed by atoms with van der Waals surface area (Å²) >= 11 is 0. The Morgan fingerprint density at radius 1 is 0.962 bits per heavy atom. The Morgan fingerprint density at radius 2 is 1.71 bits per heavy atom. The van der Waals surface area contributed by atoms with Gasteiger partial charge in [-0.15, -0.1) is 0 Å². The van der Waals surface area contributed by atoms with Crippen molar-refractivity contribution in [3.8, 4) is 5.75 Å². The normalized spacial score (nSPS) is 17.0. The topological polar surface area (TPSA) is 125 Å². The maximum atomic E-state index is 14.6. The van der Waals surface area contributed by atoms with Gasteiger partial charge in [-0.05, 0) is 79.1 Å². The van der Waals surface area contributed by atoms with Crippen LogP contribution in [0.3, 0.4) is 0 Å². The van der Waals surface area contributed by atoms with Gasteiger partial charge in [-0.25, -0.2) is 4.39 Å². The lowest BCUT2D eigenvalue weighted by atomic mass is 9.83. The molecule has 1 aliphatic carbocycles. The molecule has 3 N–H and O–H groups in total. The number of nitrogens with two attached hydrogens (primary N) is 1. The number of hydrogen-bond acceptors (Lipinski definition) is 6. The van der Waals surface area contributed by atoms with Crippen LogP contribution in [0.4, 0.5) is 10.1 Å². The summed E-state index contributed by atoms with van der Waals surface area (Å²) in [4.78, 5) is 58.8. The molecule has 0 aromatic heterocycles. The molecule has 0 bridgehead atoms. The highest BCUT2D eigenvalue weighted by Gasteiger charge is 2.39. The molecular weight excluding hydrogens is 661 g/mol. The van der Waals surface area contributed by atoms with Crippen molar-refractivity contribution < 1.29 is 28.3 Å². The number of benzene rings is 3. The third-order valence-electron chi connectivity index (χ3n) is 10.1. The lowest BCUT2D eigenvalue weighted by Crippen LogP contribution is -2.61. The molecule has 2 atom stereocenters. The number of carbonyl (C=O) groups is 4. The molecule has 2 fully saturated rings. The molecule has 11 heteroatoms. The predicted octanol–water partition coefficient (Wildman–Crippen LogP) is 6.35. The zero-order valence-corrected chi connectivity index (χ0v) is 30.6. The highest BCUT2D eigenvalue weighted by Crippen LogP contribution is 2.39. The number of rotatable bonds is 13. The van der Waals surface area contributed by atoms with Crippen molar-refractivity contribution in [3.63, 3.8) is 0 Å². The van der Waals surface area contributed by atoms with Crippen molar-refractivity contribution in [3.05, 3.63) is 94.8 Å². The fraction of sp³-hybridized carbons (Fsp3) is 0.463. The van der Waals surface area contributed by atoms with Crippen LogP contribution in [-0.4, -0.2) is 83.7 Å². The molecule has 10 nitrogen and oxygen atoms in total. The van der Waals surface area contributed by atoms with Gasteiger partial charge in [-0.1, -0.05) is 62.9 Å². The summed E-state index contributed by atoms with van der Waals surface area (Å²) in [5.74, 6) is -1.19. The Hall–Kier alpha value is -4.77. The monoisotopic (exact) mass is 713 g/mol. The molecule has 3 aromatic carbocycles. The van der Waals surface area contributed by atoms with Crippen LogP contribution in [0, 0.1) is 5.82 Å². The van der Waals surface area contributed by atoms with Crippen LogP contribution in [0.25, 0.3) is 0 Å². The minimum absolute atomic E-state index is 0.0369. The first-order valence-electron chi connectivity index (χ1n) is 18.6. The molecule has 1 heterocycles. The number of piperazine rings is 1. The highest BCUT2D eigenvalue weighted by molar-refractivity contribution is 6.00. The van der Waals surface area contributed by atoms with Crippen LogP contribution in [0.2, 0.25) is 0 Å². The molecular formula is C41H52FN5O5. The minimum atomic E-state index is -0.994. The Kier molecular flexibility index (Phi) is 13.4. The fourth-order valence-electron chi connectivity index (χ4n) is 7.31. The van der Waals surface area contributed by atoms with E-state index in [1.54, 1.807) is 22.9 Å². The number of unbranched alkanes of at least 4 members (excludes halogenated alkanes) is 1. The number of ether oxygens (including phenoxy) is 1. The molecule has 1 saturated carbocycles. The number of likely N-dealkylation sites (N-methyl/N-ethyl adjacent to an activating group) is 1. The first-order chi connectivity index (χ1) is 25.1. The molecule has 0 spiro atoms. The number of nitrogens with one attached hydrogen (secondary N) is 1. The van der Waals surface area contributed by atoms with Crippen LogP contribution in [0.15, 0.2) is 66.7 Å². The average molecular weight is 714 g/mol. The standard InChI is InChI=1S/C41H52FN5O5/c1-4-5-16-35(25-43)52-38-18-17-31(23-36(38)30-14-10-7-11-15-30)40(50)47-20-19-46(39(49)32-21-33(42)24-34(22-32)44-28(2)48)27-37(47)41(51)45(3)26-29-12-8-6-9-13-29/h6,8-9,12-13,17-18,21-24,30,35,37H,4-5,7,10-11,14-16,19-20,25-27,43H2,1-3H3,(H,44,48)/t35-,37?/m0/s1. The zero-order valence-electron chi connectivity index (χ0n) is 30.6. The van der Waals surface area contributed by atoms with E-state index in [1.165, 1.54) is 24.3 Å². The molecule has 3 aromatic rings. The van der Waals surface area contributed by atoms with Gasteiger partial charge in [0.2, 0.25) is 11.8 Å². The van der Waals surface area contributed by atoms with E-state index in [-0.39, 0.29) is 54.7 Å². The van der Waals surface area contributed by atoms with Gasteiger partial charge in [0, 0.05) is 57.0 Å². The van der Waals surface area contributed by atoms with Crippen molar-refractivity contribution in [1.29, 1.82) is 0 Å². The summed E-state index contributed by atoms with van der Waals surface area (Å²) in [6.07, 6.45) is 8.19. The third kappa shape index (κ3) is 9.76. The van der Waals surface area contributed by atoms with E-state index in [9.17, 15) is 23.6 Å². The summed E-state index contributed by atoms with van der Waals surface area (Å²) < 4.78 is 21.1.